The van der Waals surface area contributed by atoms with Crippen LogP contribution in [0, 0.1) is 0 Å². The summed E-state index contributed by atoms with van der Waals surface area (Å²) in [5, 5.41) is 2.28. The molecule has 0 amide bonds. The molecule has 63 heavy (non-hydrogen) atoms. The lowest BCUT2D eigenvalue weighted by atomic mass is 9.70. The lowest BCUT2D eigenvalue weighted by molar-refractivity contribution is 0.660. The molecule has 4 aliphatic carbocycles. The number of hydrogen-bond acceptors (Lipinski definition) is 2. The summed E-state index contributed by atoms with van der Waals surface area (Å²) in [7, 11) is 0. The van der Waals surface area contributed by atoms with E-state index in [-0.39, 0.29) is 10.8 Å². The summed E-state index contributed by atoms with van der Waals surface area (Å²) in [6.45, 7) is 9.54. The Balaban J connectivity index is 1.10. The second-order valence-electron chi connectivity index (χ2n) is 19.2. The molecule has 4 aliphatic rings. The fourth-order valence-electron chi connectivity index (χ4n) is 12.7. The normalized spacial score (nSPS) is 15.7. The molecular weight excluding hydrogens is 763 g/mol. The van der Waals surface area contributed by atoms with Gasteiger partial charge in [0.25, 0.3) is 0 Å². The molecule has 0 saturated heterocycles. The van der Waals surface area contributed by atoms with Crippen LogP contribution in [0.2, 0.25) is 0 Å². The Bertz CT molecular complexity index is 3500. The van der Waals surface area contributed by atoms with Crippen LogP contribution < -0.4 is 4.90 Å². The van der Waals surface area contributed by atoms with Gasteiger partial charge in [-0.1, -0.05) is 167 Å². The van der Waals surface area contributed by atoms with Crippen LogP contribution in [0.5, 0.6) is 0 Å². The first-order chi connectivity index (χ1) is 30.8. The average Bonchev–Trinajstić information content (AvgIpc) is 4.05. The number of rotatable bonds is 3. The van der Waals surface area contributed by atoms with Crippen LogP contribution in [0.4, 0.5) is 17.1 Å². The molecule has 1 aromatic heterocycles. The predicted molar refractivity (Wildman–Crippen MR) is 260 cm³/mol. The van der Waals surface area contributed by atoms with Crippen LogP contribution in [0.1, 0.15) is 72.2 Å². The first kappa shape index (κ1) is 35.2. The van der Waals surface area contributed by atoms with Crippen molar-refractivity contribution in [2.24, 2.45) is 0 Å². The summed E-state index contributed by atoms with van der Waals surface area (Å²) >= 11 is 0. The topological polar surface area (TPSA) is 16.4 Å². The number of benzene rings is 9. The average molecular weight is 806 g/mol. The standard InChI is InChI=1S/C61H43NO/c1-59(2)47-21-10-5-16-38(47)42-30-28-36(32-52(42)59)62(37-29-31-43-39-17-6-11-22-48(39)60(3,4)53(43)33-37)55-26-15-25-51-58(55)46-34-45-44-20-9-14-27-56(44)63-57(45)35-54(46)61(51)49-23-12-7-18-40(49)41-19-8-13-24-50(41)61/h5-35H,1-4H3. The molecular formula is C61H43NO. The summed E-state index contributed by atoms with van der Waals surface area (Å²) in [5.41, 5.74) is 25.5. The molecule has 1 spiro atoms. The highest BCUT2D eigenvalue weighted by Gasteiger charge is 2.53. The zero-order valence-corrected chi connectivity index (χ0v) is 35.8. The van der Waals surface area contributed by atoms with Crippen molar-refractivity contribution in [3.05, 3.63) is 233 Å². The Morgan fingerprint density at radius 3 is 1.40 bits per heavy atom. The van der Waals surface area contributed by atoms with Crippen LogP contribution in [0.3, 0.4) is 0 Å². The second-order valence-corrected chi connectivity index (χ2v) is 19.2. The van der Waals surface area contributed by atoms with Crippen molar-refractivity contribution < 1.29 is 4.42 Å². The highest BCUT2D eigenvalue weighted by atomic mass is 16.3. The third-order valence-corrected chi connectivity index (χ3v) is 15.5. The van der Waals surface area contributed by atoms with Crippen LogP contribution in [0.25, 0.3) is 66.4 Å². The van der Waals surface area contributed by atoms with E-state index >= 15 is 0 Å². The van der Waals surface area contributed by atoms with Crippen LogP contribution in [-0.2, 0) is 16.2 Å². The molecule has 0 fully saturated rings. The van der Waals surface area contributed by atoms with Gasteiger partial charge in [-0.3, -0.25) is 0 Å². The third-order valence-electron chi connectivity index (χ3n) is 15.5. The van der Waals surface area contributed by atoms with Gasteiger partial charge in [0, 0.05) is 38.5 Å². The largest absolute Gasteiger partial charge is 0.456 e. The van der Waals surface area contributed by atoms with E-state index in [1.165, 1.54) is 94.7 Å². The van der Waals surface area contributed by atoms with Gasteiger partial charge in [0.05, 0.1) is 11.1 Å². The molecule has 0 N–H and O–H groups in total. The van der Waals surface area contributed by atoms with Gasteiger partial charge in [-0.15, -0.1) is 0 Å². The monoisotopic (exact) mass is 805 g/mol. The maximum absolute atomic E-state index is 6.74. The minimum atomic E-state index is -0.546. The highest BCUT2D eigenvalue weighted by molar-refractivity contribution is 6.11. The summed E-state index contributed by atoms with van der Waals surface area (Å²) in [5.74, 6) is 0. The van der Waals surface area contributed by atoms with Crippen molar-refractivity contribution in [3.8, 4) is 44.5 Å². The number of anilines is 3. The molecule has 0 bridgehead atoms. The Hall–Kier alpha value is -7.42. The molecule has 0 unspecified atom stereocenters. The molecule has 9 aromatic carbocycles. The van der Waals surface area contributed by atoms with Crippen molar-refractivity contribution >= 4 is 39.0 Å². The SMILES string of the molecule is CC1(C)c2ccccc2-c2ccc(N(c3ccc4c(c3)C(C)(C)c3ccccc3-4)c3cccc4c3-c3cc5c(cc3C43c4ccccc4-c4ccccc43)oc3ccccc35)cc21. The molecule has 0 radical (unpaired) electrons. The van der Waals surface area contributed by atoms with Crippen molar-refractivity contribution in [2.75, 3.05) is 4.90 Å². The van der Waals surface area contributed by atoms with Gasteiger partial charge in [0.1, 0.15) is 11.2 Å². The first-order valence-corrected chi connectivity index (χ1v) is 22.3. The van der Waals surface area contributed by atoms with Gasteiger partial charge in [-0.25, -0.2) is 0 Å². The van der Waals surface area contributed by atoms with E-state index in [0.29, 0.717) is 0 Å². The van der Waals surface area contributed by atoms with Crippen LogP contribution >= 0.6 is 0 Å². The summed E-state index contributed by atoms with van der Waals surface area (Å²) in [6.07, 6.45) is 0. The molecule has 1 heterocycles. The molecule has 2 heteroatoms. The van der Waals surface area contributed by atoms with Crippen molar-refractivity contribution in [1.29, 1.82) is 0 Å². The minimum Gasteiger partial charge on any atom is -0.456 e. The number of furan rings is 1. The predicted octanol–water partition coefficient (Wildman–Crippen LogP) is 16.0. The molecule has 298 valence electrons. The van der Waals surface area contributed by atoms with Crippen LogP contribution in [0.15, 0.2) is 192 Å². The lowest BCUT2D eigenvalue weighted by Gasteiger charge is -2.32. The molecule has 2 nitrogen and oxygen atoms in total. The van der Waals surface area contributed by atoms with E-state index in [9.17, 15) is 0 Å². The van der Waals surface area contributed by atoms with Gasteiger partial charge in [-0.2, -0.15) is 0 Å². The first-order valence-electron chi connectivity index (χ1n) is 22.3. The highest BCUT2D eigenvalue weighted by Crippen LogP contribution is 2.66. The van der Waals surface area contributed by atoms with Crippen molar-refractivity contribution in [1.82, 2.24) is 0 Å². The van der Waals surface area contributed by atoms with E-state index in [0.717, 1.165) is 33.3 Å². The number of fused-ring (bicyclic) bond motifs is 19. The van der Waals surface area contributed by atoms with Gasteiger partial charge >= 0.3 is 0 Å². The number of para-hydroxylation sites is 1. The van der Waals surface area contributed by atoms with E-state index < -0.39 is 5.41 Å². The smallest absolute Gasteiger partial charge is 0.135 e. The van der Waals surface area contributed by atoms with E-state index in [1.807, 2.05) is 0 Å². The molecule has 14 rings (SSSR count). The maximum atomic E-state index is 6.74. The molecule has 0 saturated carbocycles. The van der Waals surface area contributed by atoms with Gasteiger partial charge in [0.2, 0.25) is 0 Å². The van der Waals surface area contributed by atoms with Gasteiger partial charge < -0.3 is 9.32 Å². The van der Waals surface area contributed by atoms with Crippen molar-refractivity contribution in [2.45, 2.75) is 43.9 Å². The van der Waals surface area contributed by atoms with Gasteiger partial charge in [-0.05, 0) is 132 Å². The van der Waals surface area contributed by atoms with E-state index in [2.05, 4.69) is 221 Å². The zero-order valence-electron chi connectivity index (χ0n) is 35.8. The second kappa shape index (κ2) is 11.9. The minimum absolute atomic E-state index is 0.157. The Labute approximate surface area is 367 Å². The summed E-state index contributed by atoms with van der Waals surface area (Å²) < 4.78 is 6.74. The Morgan fingerprint density at radius 2 is 0.810 bits per heavy atom. The summed E-state index contributed by atoms with van der Waals surface area (Å²) in [6, 6.07) is 70.9. The quantitative estimate of drug-likeness (QED) is 0.177. The van der Waals surface area contributed by atoms with Gasteiger partial charge in [0.15, 0.2) is 0 Å². The van der Waals surface area contributed by atoms with E-state index in [4.69, 9.17) is 4.42 Å². The Morgan fingerprint density at radius 1 is 0.333 bits per heavy atom. The lowest BCUT2D eigenvalue weighted by Crippen LogP contribution is -2.26. The maximum Gasteiger partial charge on any atom is 0.135 e. The summed E-state index contributed by atoms with van der Waals surface area (Å²) in [4.78, 5) is 2.57. The molecule has 10 aromatic rings. The fraction of sp³-hybridized carbons (Fsp3) is 0.115. The zero-order chi connectivity index (χ0) is 42.0. The van der Waals surface area contributed by atoms with Crippen molar-refractivity contribution in [3.63, 3.8) is 0 Å². The fourth-order valence-corrected chi connectivity index (χ4v) is 12.7. The third kappa shape index (κ3) is 4.29. The number of nitrogens with zero attached hydrogens (tertiary/aromatic N) is 1. The molecule has 0 atom stereocenters. The number of hydrogen-bond donors (Lipinski definition) is 0. The van der Waals surface area contributed by atoms with Crippen LogP contribution in [-0.4, -0.2) is 0 Å². The van der Waals surface area contributed by atoms with E-state index in [1.54, 1.807) is 0 Å². The molecule has 0 aliphatic heterocycles. The Kier molecular flexibility index (Phi) is 6.67.